The van der Waals surface area contributed by atoms with Crippen molar-refractivity contribution in [2.24, 2.45) is 0 Å². The zero-order chi connectivity index (χ0) is 13.2. The first-order valence-electron chi connectivity index (χ1n) is 6.90. The lowest BCUT2D eigenvalue weighted by atomic mass is 9.86. The molecule has 3 nitrogen and oxygen atoms in total. The summed E-state index contributed by atoms with van der Waals surface area (Å²) < 4.78 is 0. The molecule has 1 aliphatic rings. The smallest absolute Gasteiger partial charge is 0.107 e. The lowest BCUT2D eigenvalue weighted by Gasteiger charge is -2.51. The van der Waals surface area contributed by atoms with Gasteiger partial charge in [-0.25, -0.2) is 4.98 Å². The summed E-state index contributed by atoms with van der Waals surface area (Å²) in [5.74, 6) is 0. The van der Waals surface area contributed by atoms with Crippen molar-refractivity contribution >= 4 is 11.3 Å². The van der Waals surface area contributed by atoms with Crippen molar-refractivity contribution in [3.8, 4) is 0 Å². The average molecular weight is 267 g/mol. The summed E-state index contributed by atoms with van der Waals surface area (Å²) in [7, 11) is 0. The van der Waals surface area contributed by atoms with E-state index < -0.39 is 0 Å². The van der Waals surface area contributed by atoms with Crippen LogP contribution in [0.5, 0.6) is 0 Å². The molecule has 2 rings (SSSR count). The molecule has 1 aliphatic heterocycles. The van der Waals surface area contributed by atoms with Crippen LogP contribution in [0.2, 0.25) is 0 Å². The maximum Gasteiger partial charge on any atom is 0.107 e. The van der Waals surface area contributed by atoms with Gasteiger partial charge >= 0.3 is 0 Å². The van der Waals surface area contributed by atoms with Crippen molar-refractivity contribution in [2.75, 3.05) is 13.1 Å². The molecule has 1 saturated heterocycles. The van der Waals surface area contributed by atoms with Gasteiger partial charge in [0.05, 0.1) is 6.54 Å². The van der Waals surface area contributed by atoms with E-state index in [1.165, 1.54) is 17.8 Å². The van der Waals surface area contributed by atoms with Crippen LogP contribution in [0.15, 0.2) is 11.6 Å². The molecule has 1 N–H and O–H groups in total. The fourth-order valence-corrected chi connectivity index (χ4v) is 3.14. The third kappa shape index (κ3) is 2.76. The summed E-state index contributed by atoms with van der Waals surface area (Å²) in [6, 6.07) is 0. The largest absolute Gasteiger partial charge is 0.308 e. The van der Waals surface area contributed by atoms with Crippen molar-refractivity contribution in [1.82, 2.24) is 15.2 Å². The number of hydrogen-bond acceptors (Lipinski definition) is 4. The van der Waals surface area contributed by atoms with Gasteiger partial charge in [0.15, 0.2) is 0 Å². The molecule has 0 bridgehead atoms. The maximum absolute atomic E-state index is 4.44. The van der Waals surface area contributed by atoms with E-state index in [1.54, 1.807) is 11.3 Å². The van der Waals surface area contributed by atoms with Crippen molar-refractivity contribution in [1.29, 1.82) is 0 Å². The molecule has 0 aromatic carbocycles. The topological polar surface area (TPSA) is 28.2 Å². The van der Waals surface area contributed by atoms with Gasteiger partial charge in [-0.3, -0.25) is 4.90 Å². The van der Waals surface area contributed by atoms with Crippen molar-refractivity contribution in [3.05, 3.63) is 16.6 Å². The Hall–Kier alpha value is -0.450. The van der Waals surface area contributed by atoms with Gasteiger partial charge in [0.2, 0.25) is 0 Å². The summed E-state index contributed by atoms with van der Waals surface area (Å²) in [5, 5.41) is 7.04. The monoisotopic (exact) mass is 267 g/mol. The highest BCUT2D eigenvalue weighted by molar-refractivity contribution is 7.09. The van der Waals surface area contributed by atoms with E-state index >= 15 is 0 Å². The molecule has 1 aromatic heterocycles. The normalized spacial score (nSPS) is 33.8. The van der Waals surface area contributed by atoms with Crippen LogP contribution in [0.4, 0.5) is 0 Å². The SMILES string of the molecule is CCC1(C)CN(Cc2nccs2)C(C)(CC)CN1. The Morgan fingerprint density at radius 1 is 1.39 bits per heavy atom. The minimum atomic E-state index is 0.242. The Morgan fingerprint density at radius 3 is 2.72 bits per heavy atom. The van der Waals surface area contributed by atoms with Crippen LogP contribution in [-0.4, -0.2) is 34.1 Å². The zero-order valence-electron chi connectivity index (χ0n) is 12.0. The Labute approximate surface area is 115 Å². The van der Waals surface area contributed by atoms with Gasteiger partial charge in [0.1, 0.15) is 5.01 Å². The van der Waals surface area contributed by atoms with Crippen molar-refractivity contribution in [2.45, 2.75) is 58.2 Å². The predicted octanol–water partition coefficient (Wildman–Crippen LogP) is 2.89. The number of aromatic nitrogens is 1. The Morgan fingerprint density at radius 2 is 2.17 bits per heavy atom. The lowest BCUT2D eigenvalue weighted by Crippen LogP contribution is -2.67. The van der Waals surface area contributed by atoms with Gasteiger partial charge in [-0.1, -0.05) is 13.8 Å². The van der Waals surface area contributed by atoms with E-state index in [9.17, 15) is 0 Å². The first-order valence-corrected chi connectivity index (χ1v) is 7.78. The van der Waals surface area contributed by atoms with Crippen LogP contribution >= 0.6 is 11.3 Å². The second kappa shape index (κ2) is 5.27. The summed E-state index contributed by atoms with van der Waals surface area (Å²) in [6.45, 7) is 12.4. The Bertz CT molecular complexity index is 378. The van der Waals surface area contributed by atoms with Crippen LogP contribution in [0.1, 0.15) is 45.5 Å². The second-order valence-corrected chi connectivity index (χ2v) is 6.88. The van der Waals surface area contributed by atoms with Crippen molar-refractivity contribution < 1.29 is 0 Å². The van der Waals surface area contributed by atoms with Gasteiger partial charge in [-0.15, -0.1) is 11.3 Å². The molecular formula is C14H25N3S. The quantitative estimate of drug-likeness (QED) is 0.909. The molecule has 0 spiro atoms. The molecule has 2 atom stereocenters. The first-order chi connectivity index (χ1) is 8.51. The third-order valence-electron chi connectivity index (χ3n) is 4.55. The number of thiazole rings is 1. The molecule has 2 heterocycles. The van der Waals surface area contributed by atoms with Gasteiger partial charge in [-0.2, -0.15) is 0 Å². The van der Waals surface area contributed by atoms with E-state index in [1.807, 2.05) is 6.20 Å². The highest BCUT2D eigenvalue weighted by Crippen LogP contribution is 2.30. The predicted molar refractivity (Wildman–Crippen MR) is 77.9 cm³/mol. The number of nitrogens with one attached hydrogen (secondary N) is 1. The number of hydrogen-bond donors (Lipinski definition) is 1. The van der Waals surface area contributed by atoms with Crippen LogP contribution in [0.3, 0.4) is 0 Å². The third-order valence-corrected chi connectivity index (χ3v) is 5.32. The van der Waals surface area contributed by atoms with Gasteiger partial charge < -0.3 is 5.32 Å². The molecule has 18 heavy (non-hydrogen) atoms. The summed E-state index contributed by atoms with van der Waals surface area (Å²) >= 11 is 1.76. The number of nitrogens with zero attached hydrogens (tertiary/aromatic N) is 2. The van der Waals surface area contributed by atoms with Crippen LogP contribution < -0.4 is 5.32 Å². The van der Waals surface area contributed by atoms with E-state index in [0.717, 1.165) is 19.6 Å². The standard InChI is InChI=1S/C14H25N3S/c1-5-13(3)11-17(9-12-15-7-8-18-12)14(4,6-2)10-16-13/h7-8,16H,5-6,9-11H2,1-4H3. The number of rotatable bonds is 4. The average Bonchev–Trinajstić information content (AvgIpc) is 2.87. The molecule has 1 aromatic rings. The van der Waals surface area contributed by atoms with Crippen molar-refractivity contribution in [3.63, 3.8) is 0 Å². The summed E-state index contributed by atoms with van der Waals surface area (Å²) in [5.41, 5.74) is 0.492. The summed E-state index contributed by atoms with van der Waals surface area (Å²) in [4.78, 5) is 7.06. The zero-order valence-corrected chi connectivity index (χ0v) is 12.8. The fraction of sp³-hybridized carbons (Fsp3) is 0.786. The highest BCUT2D eigenvalue weighted by atomic mass is 32.1. The maximum atomic E-state index is 4.44. The Kier molecular flexibility index (Phi) is 4.09. The molecule has 102 valence electrons. The van der Waals surface area contributed by atoms with Crippen LogP contribution in [0, 0.1) is 0 Å². The van der Waals surface area contributed by atoms with E-state index in [4.69, 9.17) is 0 Å². The van der Waals surface area contributed by atoms with E-state index in [0.29, 0.717) is 0 Å². The first kappa shape index (κ1) is 14.0. The molecule has 4 heteroatoms. The van der Waals surface area contributed by atoms with Crippen LogP contribution in [-0.2, 0) is 6.54 Å². The molecule has 0 radical (unpaired) electrons. The molecular weight excluding hydrogens is 242 g/mol. The van der Waals surface area contributed by atoms with Gasteiger partial charge in [-0.05, 0) is 26.7 Å². The molecule has 0 amide bonds. The molecule has 1 fully saturated rings. The molecule has 0 aliphatic carbocycles. The summed E-state index contributed by atoms with van der Waals surface area (Å²) in [6.07, 6.45) is 4.25. The minimum Gasteiger partial charge on any atom is -0.308 e. The van der Waals surface area contributed by atoms with E-state index in [-0.39, 0.29) is 11.1 Å². The highest BCUT2D eigenvalue weighted by Gasteiger charge is 2.40. The van der Waals surface area contributed by atoms with E-state index in [2.05, 4.69) is 48.3 Å². The second-order valence-electron chi connectivity index (χ2n) is 5.90. The molecule has 0 saturated carbocycles. The fourth-order valence-electron chi connectivity index (χ4n) is 2.51. The molecule has 2 unspecified atom stereocenters. The lowest BCUT2D eigenvalue weighted by molar-refractivity contribution is 0.0104. The van der Waals surface area contributed by atoms with Gasteiger partial charge in [0, 0.05) is 35.7 Å². The number of piperazine rings is 1. The Balaban J connectivity index is 2.15. The van der Waals surface area contributed by atoms with Crippen LogP contribution in [0.25, 0.3) is 0 Å². The minimum absolute atomic E-state index is 0.242. The van der Waals surface area contributed by atoms with Gasteiger partial charge in [0.25, 0.3) is 0 Å².